The predicted molar refractivity (Wildman–Crippen MR) is 81.8 cm³/mol. The van der Waals surface area contributed by atoms with Gasteiger partial charge in [0.25, 0.3) is 0 Å². The first kappa shape index (κ1) is 16.3. The van der Waals surface area contributed by atoms with E-state index in [1.807, 2.05) is 0 Å². The van der Waals surface area contributed by atoms with E-state index in [2.05, 4.69) is 5.16 Å². The Morgan fingerprint density at radius 3 is 2.43 bits per heavy atom. The molecule has 0 radical (unpaired) electrons. The molecule has 0 spiro atoms. The molecule has 1 aromatic carbocycles. The van der Waals surface area contributed by atoms with Crippen molar-refractivity contribution in [3.63, 3.8) is 0 Å². The van der Waals surface area contributed by atoms with Gasteiger partial charge in [0.05, 0.1) is 18.0 Å². The molecule has 2 rings (SSSR count). The van der Waals surface area contributed by atoms with Gasteiger partial charge in [-0.2, -0.15) is 4.31 Å². The van der Waals surface area contributed by atoms with Crippen LogP contribution >= 0.6 is 23.2 Å². The second-order valence-electron chi connectivity index (χ2n) is 4.64. The van der Waals surface area contributed by atoms with Gasteiger partial charge < -0.3 is 4.52 Å². The van der Waals surface area contributed by atoms with E-state index < -0.39 is 10.0 Å². The van der Waals surface area contributed by atoms with Crippen LogP contribution in [0.1, 0.15) is 17.0 Å². The summed E-state index contributed by atoms with van der Waals surface area (Å²) in [4.78, 5) is 0. The van der Waals surface area contributed by atoms with Crippen LogP contribution in [0.3, 0.4) is 0 Å². The summed E-state index contributed by atoms with van der Waals surface area (Å²) in [6.07, 6.45) is 0. The third-order valence-corrected chi connectivity index (χ3v) is 5.37. The minimum atomic E-state index is -3.56. The van der Waals surface area contributed by atoms with E-state index >= 15 is 0 Å². The molecule has 21 heavy (non-hydrogen) atoms. The van der Waals surface area contributed by atoms with Gasteiger partial charge >= 0.3 is 0 Å². The molecule has 0 unspecified atom stereocenters. The third kappa shape index (κ3) is 3.97. The topological polar surface area (TPSA) is 63.4 Å². The summed E-state index contributed by atoms with van der Waals surface area (Å²) < 4.78 is 30.9. The van der Waals surface area contributed by atoms with Crippen molar-refractivity contribution < 1.29 is 12.9 Å². The van der Waals surface area contributed by atoms with Crippen LogP contribution in [0, 0.1) is 6.92 Å². The van der Waals surface area contributed by atoms with Crippen LogP contribution in [0.2, 0.25) is 10.0 Å². The van der Waals surface area contributed by atoms with Crippen molar-refractivity contribution in [1.29, 1.82) is 0 Å². The van der Waals surface area contributed by atoms with E-state index in [9.17, 15) is 8.42 Å². The highest BCUT2D eigenvalue weighted by Crippen LogP contribution is 2.27. The van der Waals surface area contributed by atoms with Crippen LogP contribution in [0.25, 0.3) is 0 Å². The lowest BCUT2D eigenvalue weighted by Crippen LogP contribution is -2.28. The molecule has 0 aliphatic carbocycles. The van der Waals surface area contributed by atoms with Crippen molar-refractivity contribution in [1.82, 2.24) is 9.46 Å². The Morgan fingerprint density at radius 1 is 1.29 bits per heavy atom. The summed E-state index contributed by atoms with van der Waals surface area (Å²) in [5, 5.41) is 4.44. The lowest BCUT2D eigenvalue weighted by atomic mass is 10.2. The summed E-state index contributed by atoms with van der Waals surface area (Å²) >= 11 is 12.0. The van der Waals surface area contributed by atoms with Crippen molar-refractivity contribution in [2.45, 2.75) is 19.2 Å². The lowest BCUT2D eigenvalue weighted by molar-refractivity contribution is 0.378. The molecule has 0 saturated heterocycles. The van der Waals surface area contributed by atoms with Gasteiger partial charge in [0.1, 0.15) is 5.76 Å². The third-order valence-electron chi connectivity index (χ3n) is 2.92. The molecule has 5 nitrogen and oxygen atoms in total. The van der Waals surface area contributed by atoms with Gasteiger partial charge in [-0.15, -0.1) is 0 Å². The van der Waals surface area contributed by atoms with Gasteiger partial charge in [-0.1, -0.05) is 34.4 Å². The molecule has 0 bridgehead atoms. The summed E-state index contributed by atoms with van der Waals surface area (Å²) in [5.74, 6) is 0.365. The van der Waals surface area contributed by atoms with Gasteiger partial charge in [-0.05, 0) is 19.1 Å². The zero-order chi connectivity index (χ0) is 15.6. The summed E-state index contributed by atoms with van der Waals surface area (Å²) in [6, 6.07) is 6.58. The Morgan fingerprint density at radius 2 is 1.90 bits per heavy atom. The second kappa shape index (κ2) is 6.36. The largest absolute Gasteiger partial charge is 0.361 e. The fourth-order valence-corrected chi connectivity index (χ4v) is 3.70. The smallest absolute Gasteiger partial charge is 0.218 e. The number of hydrogen-bond donors (Lipinski definition) is 0. The first-order valence-electron chi connectivity index (χ1n) is 6.08. The summed E-state index contributed by atoms with van der Waals surface area (Å²) in [5.41, 5.74) is 0.938. The molecular weight excluding hydrogens is 335 g/mol. The standard InChI is InChI=1S/C13H14Cl2N2O3S/c1-9-6-10(16-20-9)7-17(2)21(18,19)8-11-12(14)4-3-5-13(11)15/h3-6H,7-8H2,1-2H3. The average Bonchev–Trinajstić information content (AvgIpc) is 2.79. The van der Waals surface area contributed by atoms with Crippen LogP contribution in [0.4, 0.5) is 0 Å². The highest BCUT2D eigenvalue weighted by atomic mass is 35.5. The number of nitrogens with zero attached hydrogens (tertiary/aromatic N) is 2. The maximum atomic E-state index is 12.4. The van der Waals surface area contributed by atoms with Crippen molar-refractivity contribution in [3.8, 4) is 0 Å². The highest BCUT2D eigenvalue weighted by molar-refractivity contribution is 7.88. The Kier molecular flexibility index (Phi) is 4.93. The van der Waals surface area contributed by atoms with Crippen molar-refractivity contribution in [2.75, 3.05) is 7.05 Å². The normalized spacial score (nSPS) is 12.0. The number of aryl methyl sites for hydroxylation is 1. The Hall–Kier alpha value is -1.08. The minimum absolute atomic E-state index is 0.127. The van der Waals surface area contributed by atoms with Crippen molar-refractivity contribution in [3.05, 3.63) is 51.3 Å². The number of halogens is 2. The summed E-state index contributed by atoms with van der Waals surface area (Å²) in [6.45, 7) is 1.87. The van der Waals surface area contributed by atoms with Gasteiger partial charge in [0.2, 0.25) is 10.0 Å². The first-order valence-corrected chi connectivity index (χ1v) is 8.45. The van der Waals surface area contributed by atoms with Gasteiger partial charge in [-0.25, -0.2) is 8.42 Å². The molecule has 1 heterocycles. The van der Waals surface area contributed by atoms with Crippen LogP contribution in [0.5, 0.6) is 0 Å². The van der Waals surface area contributed by atoms with Crippen LogP contribution in [-0.4, -0.2) is 24.9 Å². The number of aromatic nitrogens is 1. The van der Waals surface area contributed by atoms with Crippen LogP contribution in [-0.2, 0) is 22.3 Å². The Labute approximate surface area is 133 Å². The highest BCUT2D eigenvalue weighted by Gasteiger charge is 2.22. The molecule has 8 heteroatoms. The lowest BCUT2D eigenvalue weighted by Gasteiger charge is -2.16. The van der Waals surface area contributed by atoms with E-state index in [1.54, 1.807) is 31.2 Å². The molecule has 0 amide bonds. The van der Waals surface area contributed by atoms with Crippen molar-refractivity contribution >= 4 is 33.2 Å². The van der Waals surface area contributed by atoms with E-state index in [4.69, 9.17) is 27.7 Å². The Bertz CT molecular complexity index is 723. The van der Waals surface area contributed by atoms with Gasteiger partial charge in [0, 0.05) is 28.7 Å². The minimum Gasteiger partial charge on any atom is -0.361 e. The van der Waals surface area contributed by atoms with Crippen LogP contribution in [0.15, 0.2) is 28.8 Å². The molecule has 0 aliphatic rings. The molecule has 0 aliphatic heterocycles. The fraction of sp³-hybridized carbons (Fsp3) is 0.308. The molecule has 0 N–H and O–H groups in total. The molecule has 0 fully saturated rings. The predicted octanol–water partition coefficient (Wildman–Crippen LogP) is 3.25. The first-order chi connectivity index (χ1) is 9.79. The summed E-state index contributed by atoms with van der Waals surface area (Å²) in [7, 11) is -2.09. The van der Waals surface area contributed by atoms with Gasteiger partial charge in [0.15, 0.2) is 0 Å². The number of rotatable bonds is 5. The van der Waals surface area contributed by atoms with Crippen molar-refractivity contribution in [2.24, 2.45) is 0 Å². The van der Waals surface area contributed by atoms with E-state index in [0.29, 0.717) is 27.1 Å². The quantitative estimate of drug-likeness (QED) is 0.831. The number of hydrogen-bond acceptors (Lipinski definition) is 4. The molecule has 0 atom stereocenters. The molecule has 0 saturated carbocycles. The Balaban J connectivity index is 2.18. The SMILES string of the molecule is Cc1cc(CN(C)S(=O)(=O)Cc2c(Cl)cccc2Cl)no1. The van der Waals surface area contributed by atoms with E-state index in [0.717, 1.165) is 0 Å². The monoisotopic (exact) mass is 348 g/mol. The van der Waals surface area contributed by atoms with E-state index in [-0.39, 0.29) is 12.3 Å². The second-order valence-corrected chi connectivity index (χ2v) is 7.53. The molecule has 2 aromatic rings. The number of benzene rings is 1. The molecule has 114 valence electrons. The van der Waals surface area contributed by atoms with Crippen LogP contribution < -0.4 is 0 Å². The average molecular weight is 349 g/mol. The fourth-order valence-electron chi connectivity index (χ4n) is 1.78. The number of sulfonamides is 1. The van der Waals surface area contributed by atoms with E-state index in [1.165, 1.54) is 11.4 Å². The molecule has 1 aromatic heterocycles. The zero-order valence-corrected chi connectivity index (χ0v) is 13.8. The molecular formula is C13H14Cl2N2O3S. The maximum absolute atomic E-state index is 12.4. The van der Waals surface area contributed by atoms with Gasteiger partial charge in [-0.3, -0.25) is 0 Å². The zero-order valence-electron chi connectivity index (χ0n) is 11.5. The maximum Gasteiger partial charge on any atom is 0.218 e.